The van der Waals surface area contributed by atoms with Gasteiger partial charge in [-0.2, -0.15) is 0 Å². The highest BCUT2D eigenvalue weighted by Crippen LogP contribution is 2.74. The molecule has 4 fully saturated rings. The molecule has 0 heterocycles. The highest BCUT2D eigenvalue weighted by Gasteiger charge is 2.70. The average molecular weight is 441 g/mol. The maximum atomic E-state index is 13.6. The van der Waals surface area contributed by atoms with Gasteiger partial charge in [0.05, 0.1) is 11.5 Å². The van der Waals surface area contributed by atoms with Crippen LogP contribution in [-0.2, 0) is 9.59 Å². The average Bonchev–Trinajstić information content (AvgIpc) is 2.64. The van der Waals surface area contributed by atoms with Crippen molar-refractivity contribution in [1.29, 1.82) is 0 Å². The number of ketones is 2. The van der Waals surface area contributed by atoms with E-state index in [1.54, 1.807) is 0 Å². The first-order valence-corrected chi connectivity index (χ1v) is 13.1. The third-order valence-corrected chi connectivity index (χ3v) is 12.0. The van der Waals surface area contributed by atoms with Crippen molar-refractivity contribution in [1.82, 2.24) is 0 Å². The van der Waals surface area contributed by atoms with Gasteiger partial charge < -0.3 is 5.11 Å². The minimum absolute atomic E-state index is 0.0310. The van der Waals surface area contributed by atoms with E-state index in [-0.39, 0.29) is 38.8 Å². The molecule has 0 radical (unpaired) electrons. The zero-order valence-electron chi connectivity index (χ0n) is 21.4. The predicted molar refractivity (Wildman–Crippen MR) is 127 cm³/mol. The number of allylic oxidation sites excluding steroid dienone is 1. The SMILES string of the molecule is CC1(C)CC[C@@H]2C(=O)C[C@]3(C)C(=CC[C@@H]4[C@@]5(C)CCC(=O)C(C)(C)[C@@H]5CC[C@]43C)[C@]2(O)C1. The monoisotopic (exact) mass is 440 g/mol. The molecule has 3 nitrogen and oxygen atoms in total. The number of aliphatic hydroxyl groups is 1. The largest absolute Gasteiger partial charge is 0.385 e. The number of fused-ring (bicyclic) bond motifs is 7. The van der Waals surface area contributed by atoms with Crippen LogP contribution in [0.4, 0.5) is 0 Å². The standard InChI is InChI=1S/C29H44O3/c1-24(2)13-10-18-19(30)16-28(7)22(29(18,32)17-24)9-8-21-26(5)14-12-23(31)25(3,4)20(26)11-15-27(21,28)6/h9,18,20-21,32H,8,10-17H2,1-7H3/t18-,20+,21-,26+,27-,28-,29+/m1/s1. The molecule has 7 atom stereocenters. The molecule has 4 saturated carbocycles. The third kappa shape index (κ3) is 2.58. The smallest absolute Gasteiger partial charge is 0.140 e. The van der Waals surface area contributed by atoms with Crippen molar-refractivity contribution < 1.29 is 14.7 Å². The van der Waals surface area contributed by atoms with E-state index in [1.165, 1.54) is 5.57 Å². The van der Waals surface area contributed by atoms with Crippen LogP contribution in [0.15, 0.2) is 11.6 Å². The number of Topliss-reactive ketones (excluding diaryl/α,β-unsaturated/α-hetero) is 2. The van der Waals surface area contributed by atoms with E-state index >= 15 is 0 Å². The van der Waals surface area contributed by atoms with E-state index in [9.17, 15) is 14.7 Å². The van der Waals surface area contributed by atoms with Gasteiger partial charge in [-0.05, 0) is 78.6 Å². The van der Waals surface area contributed by atoms with Crippen LogP contribution in [0.3, 0.4) is 0 Å². The maximum Gasteiger partial charge on any atom is 0.140 e. The fraction of sp³-hybridized carbons (Fsp3) is 0.862. The van der Waals surface area contributed by atoms with Crippen LogP contribution < -0.4 is 0 Å². The minimum Gasteiger partial charge on any atom is -0.385 e. The summed E-state index contributed by atoms with van der Waals surface area (Å²) in [6.07, 6.45) is 10.2. The molecular weight excluding hydrogens is 396 g/mol. The Bertz CT molecular complexity index is 911. The van der Waals surface area contributed by atoms with Gasteiger partial charge >= 0.3 is 0 Å². The summed E-state index contributed by atoms with van der Waals surface area (Å²) < 4.78 is 0. The molecule has 0 bridgehead atoms. The molecule has 3 heteroatoms. The summed E-state index contributed by atoms with van der Waals surface area (Å²) in [4.78, 5) is 26.5. The van der Waals surface area contributed by atoms with Gasteiger partial charge in [-0.3, -0.25) is 9.59 Å². The van der Waals surface area contributed by atoms with Gasteiger partial charge in [0.25, 0.3) is 0 Å². The summed E-state index contributed by atoms with van der Waals surface area (Å²) in [7, 11) is 0. The fourth-order valence-corrected chi connectivity index (χ4v) is 10.2. The summed E-state index contributed by atoms with van der Waals surface area (Å²) in [5.74, 6) is 1.33. The molecule has 0 unspecified atom stereocenters. The van der Waals surface area contributed by atoms with E-state index in [1.807, 2.05) is 0 Å². The Labute approximate surface area is 194 Å². The Morgan fingerprint density at radius 3 is 2.28 bits per heavy atom. The molecule has 0 aliphatic heterocycles. The van der Waals surface area contributed by atoms with Crippen LogP contribution >= 0.6 is 0 Å². The Hall–Kier alpha value is -0.960. The first-order chi connectivity index (χ1) is 14.6. The Balaban J connectivity index is 1.63. The summed E-state index contributed by atoms with van der Waals surface area (Å²) in [6, 6.07) is 0. The topological polar surface area (TPSA) is 54.4 Å². The molecule has 0 saturated heterocycles. The molecule has 0 amide bonds. The van der Waals surface area contributed by atoms with Crippen molar-refractivity contribution in [2.45, 2.75) is 112 Å². The summed E-state index contributed by atoms with van der Waals surface area (Å²) in [5, 5.41) is 12.2. The van der Waals surface area contributed by atoms with E-state index in [4.69, 9.17) is 0 Å². The lowest BCUT2D eigenvalue weighted by Gasteiger charge is -2.70. The molecule has 0 aromatic carbocycles. The second-order valence-corrected chi connectivity index (χ2v) is 14.4. The van der Waals surface area contributed by atoms with Crippen molar-refractivity contribution >= 4 is 11.6 Å². The molecule has 5 rings (SSSR count). The molecule has 0 spiro atoms. The molecule has 178 valence electrons. The fourth-order valence-electron chi connectivity index (χ4n) is 10.2. The van der Waals surface area contributed by atoms with Crippen molar-refractivity contribution in [2.24, 2.45) is 44.8 Å². The number of hydrogen-bond donors (Lipinski definition) is 1. The Morgan fingerprint density at radius 1 is 0.906 bits per heavy atom. The lowest BCUT2D eigenvalue weighted by Crippen LogP contribution is -2.67. The van der Waals surface area contributed by atoms with E-state index in [0.717, 1.165) is 38.5 Å². The van der Waals surface area contributed by atoms with Crippen LogP contribution in [0.25, 0.3) is 0 Å². The zero-order chi connectivity index (χ0) is 23.5. The lowest BCUT2D eigenvalue weighted by atomic mass is 9.34. The van der Waals surface area contributed by atoms with Crippen LogP contribution in [-0.4, -0.2) is 22.3 Å². The van der Waals surface area contributed by atoms with E-state index < -0.39 is 5.60 Å². The summed E-state index contributed by atoms with van der Waals surface area (Å²) >= 11 is 0. The quantitative estimate of drug-likeness (QED) is 0.451. The van der Waals surface area contributed by atoms with Crippen LogP contribution in [0.1, 0.15) is 106 Å². The Morgan fingerprint density at radius 2 is 1.59 bits per heavy atom. The number of rotatable bonds is 0. The number of carbonyl (C=O) groups is 2. The number of carbonyl (C=O) groups excluding carboxylic acids is 2. The minimum atomic E-state index is -0.987. The van der Waals surface area contributed by atoms with Gasteiger partial charge in [-0.25, -0.2) is 0 Å². The second-order valence-electron chi connectivity index (χ2n) is 14.4. The van der Waals surface area contributed by atoms with Gasteiger partial charge in [0.2, 0.25) is 0 Å². The highest BCUT2D eigenvalue weighted by atomic mass is 16.3. The van der Waals surface area contributed by atoms with Crippen molar-refractivity contribution in [3.8, 4) is 0 Å². The second kappa shape index (κ2) is 6.37. The summed E-state index contributed by atoms with van der Waals surface area (Å²) in [6.45, 7) is 16.0. The van der Waals surface area contributed by atoms with E-state index in [0.29, 0.717) is 36.9 Å². The predicted octanol–water partition coefficient (Wildman–Crippen LogP) is 6.28. The maximum absolute atomic E-state index is 13.6. The van der Waals surface area contributed by atoms with E-state index in [2.05, 4.69) is 54.5 Å². The molecule has 5 aliphatic carbocycles. The van der Waals surface area contributed by atoms with Gasteiger partial charge in [0.1, 0.15) is 11.6 Å². The van der Waals surface area contributed by atoms with Crippen LogP contribution in [0, 0.1) is 44.8 Å². The molecule has 0 aromatic heterocycles. The van der Waals surface area contributed by atoms with Gasteiger partial charge in [-0.1, -0.05) is 54.5 Å². The van der Waals surface area contributed by atoms with Crippen molar-refractivity contribution in [3.63, 3.8) is 0 Å². The van der Waals surface area contributed by atoms with Gasteiger partial charge in [-0.15, -0.1) is 0 Å². The number of hydrogen-bond acceptors (Lipinski definition) is 3. The Kier molecular flexibility index (Phi) is 4.54. The van der Waals surface area contributed by atoms with Crippen LogP contribution in [0.2, 0.25) is 0 Å². The molecule has 1 N–H and O–H groups in total. The summed E-state index contributed by atoms with van der Waals surface area (Å²) in [5.41, 5.74) is -0.238. The zero-order valence-corrected chi connectivity index (χ0v) is 21.4. The molecular formula is C29H44O3. The molecule has 32 heavy (non-hydrogen) atoms. The molecule has 5 aliphatic rings. The first kappa shape index (κ1) is 22.8. The van der Waals surface area contributed by atoms with Gasteiger partial charge in [0.15, 0.2) is 0 Å². The lowest BCUT2D eigenvalue weighted by molar-refractivity contribution is -0.193. The van der Waals surface area contributed by atoms with Crippen LogP contribution in [0.5, 0.6) is 0 Å². The van der Waals surface area contributed by atoms with Gasteiger partial charge in [0, 0.05) is 23.7 Å². The molecule has 0 aromatic rings. The van der Waals surface area contributed by atoms with Crippen molar-refractivity contribution in [2.75, 3.05) is 0 Å². The first-order valence-electron chi connectivity index (χ1n) is 13.1. The highest BCUT2D eigenvalue weighted by molar-refractivity contribution is 5.87. The normalized spacial score (nSPS) is 51.6. The third-order valence-electron chi connectivity index (χ3n) is 12.0. The van der Waals surface area contributed by atoms with Crippen molar-refractivity contribution in [3.05, 3.63) is 11.6 Å².